The van der Waals surface area contributed by atoms with Crippen LogP contribution in [0.5, 0.6) is 11.5 Å². The summed E-state index contributed by atoms with van der Waals surface area (Å²) in [5.74, 6) is -1.38. The molecule has 1 amide bonds. The zero-order chi connectivity index (χ0) is 19.2. The second-order valence-electron chi connectivity index (χ2n) is 5.60. The average molecular weight is 359 g/mol. The number of carbonyl (C=O) groups is 2. The summed E-state index contributed by atoms with van der Waals surface area (Å²) in [6.07, 6.45) is -0.279. The van der Waals surface area contributed by atoms with Crippen molar-refractivity contribution in [1.29, 1.82) is 0 Å². The lowest BCUT2D eigenvalue weighted by atomic mass is 10.0. The van der Waals surface area contributed by atoms with Crippen molar-refractivity contribution in [2.45, 2.75) is 26.0 Å². The summed E-state index contributed by atoms with van der Waals surface area (Å²) < 4.78 is 4.96. The summed E-state index contributed by atoms with van der Waals surface area (Å²) in [6.45, 7) is 2.78. The first-order valence-corrected chi connectivity index (χ1v) is 8.08. The van der Waals surface area contributed by atoms with Crippen LogP contribution in [0.2, 0.25) is 0 Å². The summed E-state index contributed by atoms with van der Waals surface area (Å²) in [4.78, 5) is 30.1. The molecule has 0 radical (unpaired) electrons. The van der Waals surface area contributed by atoms with Gasteiger partial charge in [-0.15, -0.1) is 5.06 Å². The van der Waals surface area contributed by atoms with Crippen LogP contribution in [-0.2, 0) is 20.7 Å². The van der Waals surface area contributed by atoms with Gasteiger partial charge in [-0.2, -0.15) is 0 Å². The minimum atomic E-state index is -2.38. The van der Waals surface area contributed by atoms with Gasteiger partial charge in [-0.1, -0.05) is 30.3 Å². The number of nitrogens with zero attached hydrogens (tertiary/aromatic N) is 1. The SMILES string of the molecule is CCOC(=O)[C@](O)(Cc1ccc(O)cc1)N(Oc1ccccc1)C(C)=O. The van der Waals surface area contributed by atoms with Crippen molar-refractivity contribution < 1.29 is 29.4 Å². The van der Waals surface area contributed by atoms with Crippen LogP contribution in [-0.4, -0.2) is 39.5 Å². The number of ether oxygens (including phenoxy) is 1. The van der Waals surface area contributed by atoms with Crippen LogP contribution in [0.4, 0.5) is 0 Å². The molecule has 1 atom stereocenters. The molecule has 138 valence electrons. The van der Waals surface area contributed by atoms with Gasteiger partial charge in [-0.25, -0.2) is 4.79 Å². The van der Waals surface area contributed by atoms with Gasteiger partial charge >= 0.3 is 5.97 Å². The highest BCUT2D eigenvalue weighted by atomic mass is 16.7. The van der Waals surface area contributed by atoms with Crippen LogP contribution in [0.3, 0.4) is 0 Å². The van der Waals surface area contributed by atoms with Crippen LogP contribution in [0.25, 0.3) is 0 Å². The molecule has 0 aromatic heterocycles. The number of hydrogen-bond donors (Lipinski definition) is 2. The molecule has 0 unspecified atom stereocenters. The Morgan fingerprint density at radius 1 is 1.08 bits per heavy atom. The Labute approximate surface area is 151 Å². The number of aliphatic hydroxyl groups is 1. The number of hydroxylamine groups is 2. The van der Waals surface area contributed by atoms with E-state index >= 15 is 0 Å². The molecule has 2 rings (SSSR count). The molecule has 0 aliphatic heterocycles. The number of carbonyl (C=O) groups excluding carboxylic acids is 2. The van der Waals surface area contributed by atoms with E-state index < -0.39 is 17.6 Å². The first kappa shape index (κ1) is 19.3. The van der Waals surface area contributed by atoms with Gasteiger partial charge in [0.2, 0.25) is 0 Å². The lowest BCUT2D eigenvalue weighted by molar-refractivity contribution is -0.243. The molecule has 0 heterocycles. The van der Waals surface area contributed by atoms with Crippen molar-refractivity contribution in [2.75, 3.05) is 6.61 Å². The van der Waals surface area contributed by atoms with Crippen LogP contribution in [0, 0.1) is 0 Å². The maximum atomic E-state index is 12.5. The quantitative estimate of drug-likeness (QED) is 0.446. The summed E-state index contributed by atoms with van der Waals surface area (Å²) in [7, 11) is 0. The molecular formula is C19H21NO6. The third-order valence-electron chi connectivity index (χ3n) is 3.55. The van der Waals surface area contributed by atoms with Gasteiger partial charge in [0, 0.05) is 13.3 Å². The van der Waals surface area contributed by atoms with Gasteiger partial charge in [0.1, 0.15) is 5.75 Å². The molecule has 0 saturated heterocycles. The van der Waals surface area contributed by atoms with Crippen molar-refractivity contribution in [2.24, 2.45) is 0 Å². The number of phenolic OH excluding ortho intramolecular Hbond substituents is 1. The lowest BCUT2D eigenvalue weighted by Crippen LogP contribution is -2.60. The molecule has 0 aliphatic rings. The van der Waals surface area contributed by atoms with Crippen molar-refractivity contribution >= 4 is 11.9 Å². The van der Waals surface area contributed by atoms with Crippen molar-refractivity contribution in [1.82, 2.24) is 5.06 Å². The largest absolute Gasteiger partial charge is 0.508 e. The smallest absolute Gasteiger partial charge is 0.363 e. The monoisotopic (exact) mass is 359 g/mol. The number of benzene rings is 2. The van der Waals surface area contributed by atoms with E-state index in [0.29, 0.717) is 10.6 Å². The maximum absolute atomic E-state index is 12.5. The van der Waals surface area contributed by atoms with E-state index in [0.717, 1.165) is 0 Å². The first-order chi connectivity index (χ1) is 12.4. The summed E-state index contributed by atoms with van der Waals surface area (Å²) in [6, 6.07) is 14.2. The van der Waals surface area contributed by atoms with E-state index in [2.05, 4.69) is 0 Å². The highest BCUT2D eigenvalue weighted by Crippen LogP contribution is 2.24. The summed E-state index contributed by atoms with van der Waals surface area (Å²) in [5, 5.41) is 21.1. The fraction of sp³-hybridized carbons (Fsp3) is 0.263. The van der Waals surface area contributed by atoms with Gasteiger partial charge in [0.05, 0.1) is 6.61 Å². The number of aromatic hydroxyl groups is 1. The zero-order valence-electron chi connectivity index (χ0n) is 14.6. The molecular weight excluding hydrogens is 338 g/mol. The Kier molecular flexibility index (Phi) is 6.19. The fourth-order valence-electron chi connectivity index (χ4n) is 2.36. The molecule has 2 aromatic carbocycles. The van der Waals surface area contributed by atoms with Crippen LogP contribution < -0.4 is 4.84 Å². The normalized spacial score (nSPS) is 12.7. The van der Waals surface area contributed by atoms with Gasteiger partial charge in [0.25, 0.3) is 11.6 Å². The predicted octanol–water partition coefficient (Wildman–Crippen LogP) is 2.03. The van der Waals surface area contributed by atoms with Gasteiger partial charge < -0.3 is 19.8 Å². The topological polar surface area (TPSA) is 96.3 Å². The molecule has 7 nitrogen and oxygen atoms in total. The number of phenols is 1. The third-order valence-corrected chi connectivity index (χ3v) is 3.55. The number of rotatable bonds is 7. The highest BCUT2D eigenvalue weighted by molar-refractivity contribution is 5.85. The maximum Gasteiger partial charge on any atom is 0.363 e. The summed E-state index contributed by atoms with van der Waals surface area (Å²) in [5.41, 5.74) is -1.88. The standard InChI is InChI=1S/C19H21NO6/c1-3-25-18(23)19(24,13-15-9-11-16(22)12-10-15)20(14(2)21)26-17-7-5-4-6-8-17/h4-12,22,24H,3,13H2,1-2H3/t19-/m1/s1. The second kappa shape index (κ2) is 8.35. The number of esters is 1. The minimum Gasteiger partial charge on any atom is -0.508 e. The van der Waals surface area contributed by atoms with Gasteiger partial charge in [-0.05, 0) is 36.8 Å². The highest BCUT2D eigenvalue weighted by Gasteiger charge is 2.48. The first-order valence-electron chi connectivity index (χ1n) is 8.08. The van der Waals surface area contributed by atoms with E-state index in [1.807, 2.05) is 0 Å². The minimum absolute atomic E-state index is 0.0216. The van der Waals surface area contributed by atoms with Crippen molar-refractivity contribution in [3.05, 3.63) is 60.2 Å². The Morgan fingerprint density at radius 2 is 1.69 bits per heavy atom. The molecule has 7 heteroatoms. The third kappa shape index (κ3) is 4.52. The van der Waals surface area contributed by atoms with Crippen molar-refractivity contribution in [3.8, 4) is 11.5 Å². The molecule has 0 aliphatic carbocycles. The Bertz CT molecular complexity index is 746. The van der Waals surface area contributed by atoms with E-state index in [-0.39, 0.29) is 24.5 Å². The Hall–Kier alpha value is -3.06. The van der Waals surface area contributed by atoms with E-state index in [1.165, 1.54) is 31.2 Å². The van der Waals surface area contributed by atoms with Gasteiger partial charge in [0.15, 0.2) is 5.75 Å². The van der Waals surface area contributed by atoms with Crippen LogP contribution >= 0.6 is 0 Å². The zero-order valence-corrected chi connectivity index (χ0v) is 14.6. The molecule has 0 bridgehead atoms. The molecule has 2 aromatic rings. The molecule has 2 N–H and O–H groups in total. The molecule has 0 saturated carbocycles. The molecule has 0 fully saturated rings. The number of para-hydroxylation sites is 1. The Morgan fingerprint density at radius 3 is 2.23 bits per heavy atom. The van der Waals surface area contributed by atoms with Crippen LogP contribution in [0.15, 0.2) is 54.6 Å². The summed E-state index contributed by atoms with van der Waals surface area (Å²) >= 11 is 0. The van der Waals surface area contributed by atoms with E-state index in [1.54, 1.807) is 37.3 Å². The second-order valence-corrected chi connectivity index (χ2v) is 5.60. The predicted molar refractivity (Wildman–Crippen MR) is 93.0 cm³/mol. The van der Waals surface area contributed by atoms with Crippen molar-refractivity contribution in [3.63, 3.8) is 0 Å². The molecule has 0 spiro atoms. The van der Waals surface area contributed by atoms with Crippen LogP contribution in [0.1, 0.15) is 19.4 Å². The number of hydrogen-bond acceptors (Lipinski definition) is 6. The van der Waals surface area contributed by atoms with Gasteiger partial charge in [-0.3, -0.25) is 4.79 Å². The fourth-order valence-corrected chi connectivity index (χ4v) is 2.36. The molecule has 26 heavy (non-hydrogen) atoms. The van der Waals surface area contributed by atoms with E-state index in [4.69, 9.17) is 9.57 Å². The van der Waals surface area contributed by atoms with E-state index in [9.17, 15) is 19.8 Å². The Balaban J connectivity index is 2.39. The number of amides is 1. The lowest BCUT2D eigenvalue weighted by Gasteiger charge is -2.35. The average Bonchev–Trinajstić information content (AvgIpc) is 2.62.